The second-order valence-corrected chi connectivity index (χ2v) is 4.32. The predicted octanol–water partition coefficient (Wildman–Crippen LogP) is 1.97. The Balaban J connectivity index is 2.23. The largest absolute Gasteiger partial charge is 0.296 e. The molecule has 0 saturated heterocycles. The van der Waals surface area contributed by atoms with Gasteiger partial charge in [-0.15, -0.1) is 0 Å². The van der Waals surface area contributed by atoms with E-state index in [4.69, 9.17) is 0 Å². The average molecular weight is 244 g/mol. The highest BCUT2D eigenvalue weighted by atomic mass is 32.1. The van der Waals surface area contributed by atoms with E-state index < -0.39 is 0 Å². The minimum Gasteiger partial charge on any atom is -0.296 e. The summed E-state index contributed by atoms with van der Waals surface area (Å²) in [7, 11) is 0. The maximum atomic E-state index is 10.9. The van der Waals surface area contributed by atoms with Crippen LogP contribution in [0.3, 0.4) is 0 Å². The Hall–Kier alpha value is -2.08. The van der Waals surface area contributed by atoms with Gasteiger partial charge in [-0.2, -0.15) is 4.37 Å². The SMILES string of the molecule is Cc1nsc(-c2cn3c(C=O)cccc3n2)n1. The molecular formula is C11H8N4OS. The molecule has 3 aromatic heterocycles. The van der Waals surface area contributed by atoms with Crippen LogP contribution < -0.4 is 0 Å². The van der Waals surface area contributed by atoms with Gasteiger partial charge in [-0.25, -0.2) is 9.97 Å². The highest BCUT2D eigenvalue weighted by Crippen LogP contribution is 2.21. The zero-order chi connectivity index (χ0) is 11.8. The number of aryl methyl sites for hydroxylation is 1. The van der Waals surface area contributed by atoms with Crippen LogP contribution in [0, 0.1) is 6.92 Å². The fourth-order valence-corrected chi connectivity index (χ4v) is 2.26. The van der Waals surface area contributed by atoms with E-state index in [9.17, 15) is 4.79 Å². The molecule has 0 spiro atoms. The lowest BCUT2D eigenvalue weighted by molar-refractivity contribution is 0.111. The lowest BCUT2D eigenvalue weighted by Gasteiger charge is -1.94. The number of carbonyl (C=O) groups is 1. The van der Waals surface area contributed by atoms with Crippen molar-refractivity contribution in [2.24, 2.45) is 0 Å². The summed E-state index contributed by atoms with van der Waals surface area (Å²) < 4.78 is 5.87. The van der Waals surface area contributed by atoms with Crippen molar-refractivity contribution in [1.29, 1.82) is 0 Å². The highest BCUT2D eigenvalue weighted by Gasteiger charge is 2.10. The van der Waals surface area contributed by atoms with Gasteiger partial charge in [0.05, 0.1) is 5.69 Å². The van der Waals surface area contributed by atoms with Gasteiger partial charge in [0.15, 0.2) is 11.3 Å². The molecule has 0 unspecified atom stereocenters. The van der Waals surface area contributed by atoms with Crippen LogP contribution in [-0.2, 0) is 0 Å². The third-order valence-corrected chi connectivity index (χ3v) is 3.22. The molecule has 0 radical (unpaired) electrons. The number of rotatable bonds is 2. The topological polar surface area (TPSA) is 60.2 Å². The smallest absolute Gasteiger partial charge is 0.166 e. The molecule has 5 nitrogen and oxygen atoms in total. The molecule has 0 bridgehead atoms. The fraction of sp³-hybridized carbons (Fsp3) is 0.0909. The maximum absolute atomic E-state index is 10.9. The van der Waals surface area contributed by atoms with Crippen molar-refractivity contribution in [2.75, 3.05) is 0 Å². The molecule has 3 heterocycles. The van der Waals surface area contributed by atoms with Crippen LogP contribution in [0.2, 0.25) is 0 Å². The third-order valence-electron chi connectivity index (χ3n) is 2.39. The molecule has 0 aliphatic heterocycles. The molecule has 0 fully saturated rings. The van der Waals surface area contributed by atoms with E-state index in [-0.39, 0.29) is 0 Å². The molecule has 6 heteroatoms. The number of fused-ring (bicyclic) bond motifs is 1. The number of aldehydes is 1. The first-order valence-electron chi connectivity index (χ1n) is 5.02. The molecule has 3 rings (SSSR count). The molecule has 84 valence electrons. The predicted molar refractivity (Wildman–Crippen MR) is 64.2 cm³/mol. The summed E-state index contributed by atoms with van der Waals surface area (Å²) in [5.41, 5.74) is 2.05. The number of aromatic nitrogens is 4. The van der Waals surface area contributed by atoms with Gasteiger partial charge in [-0.3, -0.25) is 9.20 Å². The second-order valence-electron chi connectivity index (χ2n) is 3.57. The van der Waals surface area contributed by atoms with Gasteiger partial charge in [0.25, 0.3) is 0 Å². The molecule has 0 amide bonds. The van der Waals surface area contributed by atoms with Crippen LogP contribution in [0.1, 0.15) is 16.3 Å². The Kier molecular flexibility index (Phi) is 2.22. The number of hydrogen-bond acceptors (Lipinski definition) is 5. The Morgan fingerprint density at radius 3 is 2.94 bits per heavy atom. The highest BCUT2D eigenvalue weighted by molar-refractivity contribution is 7.09. The van der Waals surface area contributed by atoms with Crippen molar-refractivity contribution in [2.45, 2.75) is 6.92 Å². The summed E-state index contributed by atoms with van der Waals surface area (Å²) in [4.78, 5) is 19.6. The summed E-state index contributed by atoms with van der Waals surface area (Å²) >= 11 is 1.31. The summed E-state index contributed by atoms with van der Waals surface area (Å²) in [5, 5.41) is 0.767. The molecule has 0 N–H and O–H groups in total. The van der Waals surface area contributed by atoms with Crippen molar-refractivity contribution < 1.29 is 4.79 Å². The second kappa shape index (κ2) is 3.74. The molecular weight excluding hydrogens is 236 g/mol. The molecule has 3 aromatic rings. The lowest BCUT2D eigenvalue weighted by atomic mass is 10.4. The van der Waals surface area contributed by atoms with Crippen LogP contribution >= 0.6 is 11.5 Å². The van der Waals surface area contributed by atoms with Crippen molar-refractivity contribution >= 4 is 23.5 Å². The van der Waals surface area contributed by atoms with Crippen LogP contribution in [0.25, 0.3) is 16.3 Å². The summed E-state index contributed by atoms with van der Waals surface area (Å²) in [6, 6.07) is 5.41. The van der Waals surface area contributed by atoms with Gasteiger partial charge < -0.3 is 0 Å². The van der Waals surface area contributed by atoms with Gasteiger partial charge >= 0.3 is 0 Å². The molecule has 0 saturated carbocycles. The van der Waals surface area contributed by atoms with E-state index in [1.165, 1.54) is 11.5 Å². The quantitative estimate of drug-likeness (QED) is 0.647. The Morgan fingerprint density at radius 2 is 2.24 bits per heavy atom. The first kappa shape index (κ1) is 10.1. The summed E-state index contributed by atoms with van der Waals surface area (Å²) in [5.74, 6) is 0.734. The molecule has 0 aliphatic rings. The van der Waals surface area contributed by atoms with Crippen molar-refractivity contribution in [3.8, 4) is 10.7 Å². The average Bonchev–Trinajstić information content (AvgIpc) is 2.93. The van der Waals surface area contributed by atoms with Gasteiger partial charge in [-0.05, 0) is 30.6 Å². The number of pyridine rings is 1. The first-order chi connectivity index (χ1) is 8.28. The van der Waals surface area contributed by atoms with Gasteiger partial charge in [-0.1, -0.05) is 6.07 Å². The van der Waals surface area contributed by atoms with E-state index in [0.29, 0.717) is 5.69 Å². The minimum atomic E-state index is 0.572. The number of hydrogen-bond donors (Lipinski definition) is 0. The molecule has 0 aromatic carbocycles. The number of carbonyl (C=O) groups excluding carboxylic acids is 1. The standard InChI is InChI=1S/C11H8N4OS/c1-7-12-11(17-14-7)9-5-15-8(6-16)3-2-4-10(15)13-9/h2-6H,1H3. The minimum absolute atomic E-state index is 0.572. The van der Waals surface area contributed by atoms with E-state index >= 15 is 0 Å². The van der Waals surface area contributed by atoms with Crippen LogP contribution in [0.5, 0.6) is 0 Å². The fourth-order valence-electron chi connectivity index (χ4n) is 1.63. The number of nitrogens with zero attached hydrogens (tertiary/aromatic N) is 4. The van der Waals surface area contributed by atoms with E-state index in [1.807, 2.05) is 13.0 Å². The third kappa shape index (κ3) is 1.62. The Labute approximate surface area is 101 Å². The van der Waals surface area contributed by atoms with E-state index in [2.05, 4.69) is 14.3 Å². The Morgan fingerprint density at radius 1 is 1.35 bits per heavy atom. The van der Waals surface area contributed by atoms with Crippen LogP contribution in [0.15, 0.2) is 24.4 Å². The Bertz CT molecular complexity index is 700. The van der Waals surface area contributed by atoms with Crippen molar-refractivity contribution in [3.05, 3.63) is 35.9 Å². The van der Waals surface area contributed by atoms with Crippen molar-refractivity contribution in [3.63, 3.8) is 0 Å². The molecule has 0 aliphatic carbocycles. The van der Waals surface area contributed by atoms with Gasteiger partial charge in [0.1, 0.15) is 17.2 Å². The van der Waals surface area contributed by atoms with Gasteiger partial charge in [0, 0.05) is 6.20 Å². The van der Waals surface area contributed by atoms with Crippen LogP contribution in [0.4, 0.5) is 0 Å². The molecule has 17 heavy (non-hydrogen) atoms. The normalized spacial score (nSPS) is 10.9. The summed E-state index contributed by atoms with van der Waals surface area (Å²) in [6.45, 7) is 1.84. The molecule has 0 atom stereocenters. The lowest BCUT2D eigenvalue weighted by Crippen LogP contribution is -1.91. The first-order valence-corrected chi connectivity index (χ1v) is 5.79. The summed E-state index contributed by atoms with van der Waals surface area (Å²) in [6.07, 6.45) is 2.61. The number of imidazole rings is 1. The van der Waals surface area contributed by atoms with E-state index in [0.717, 1.165) is 28.5 Å². The van der Waals surface area contributed by atoms with Gasteiger partial charge in [0.2, 0.25) is 0 Å². The van der Waals surface area contributed by atoms with Crippen LogP contribution in [-0.4, -0.2) is 25.0 Å². The van der Waals surface area contributed by atoms with E-state index in [1.54, 1.807) is 22.7 Å². The zero-order valence-electron chi connectivity index (χ0n) is 8.99. The van der Waals surface area contributed by atoms with Crippen molar-refractivity contribution in [1.82, 2.24) is 18.7 Å². The zero-order valence-corrected chi connectivity index (χ0v) is 9.81. The maximum Gasteiger partial charge on any atom is 0.166 e. The monoisotopic (exact) mass is 244 g/mol.